The molecule has 0 saturated carbocycles. The lowest BCUT2D eigenvalue weighted by molar-refractivity contribution is 0.0600. The molecule has 4 heteroatoms. The molecule has 0 radical (unpaired) electrons. The summed E-state index contributed by atoms with van der Waals surface area (Å²) in [4.78, 5) is 16.2. The molecule has 0 heterocycles. The van der Waals surface area contributed by atoms with Gasteiger partial charge in [-0.3, -0.25) is 0 Å². The second-order valence-electron chi connectivity index (χ2n) is 5.20. The van der Waals surface area contributed by atoms with Crippen molar-refractivity contribution in [2.24, 2.45) is 4.99 Å². The smallest absolute Gasteiger partial charge is 0.337 e. The maximum Gasteiger partial charge on any atom is 0.337 e. The summed E-state index contributed by atoms with van der Waals surface area (Å²) in [5.41, 5.74) is 3.08. The van der Waals surface area contributed by atoms with Gasteiger partial charge < -0.3 is 9.47 Å². The Bertz CT molecular complexity index is 697. The topological polar surface area (TPSA) is 47.9 Å². The van der Waals surface area contributed by atoms with E-state index in [-0.39, 0.29) is 0 Å². The number of hydrogen-bond acceptors (Lipinski definition) is 4. The molecule has 0 aliphatic rings. The van der Waals surface area contributed by atoms with Crippen molar-refractivity contribution in [3.8, 4) is 5.75 Å². The molecule has 0 saturated heterocycles. The normalized spacial score (nSPS) is 12.4. The monoisotopic (exact) mass is 327 g/mol. The predicted octanol–water partition coefficient (Wildman–Crippen LogP) is 4.87. The van der Waals surface area contributed by atoms with Crippen molar-refractivity contribution in [1.29, 1.82) is 0 Å². The Kier molecular flexibility index (Phi) is 7.69. The van der Waals surface area contributed by atoms with Gasteiger partial charge in [0.05, 0.1) is 12.7 Å². The molecular formula is C20H25NO3. The van der Waals surface area contributed by atoms with Crippen LogP contribution in [0.15, 0.2) is 59.0 Å². The van der Waals surface area contributed by atoms with Gasteiger partial charge in [0.15, 0.2) is 0 Å². The van der Waals surface area contributed by atoms with Gasteiger partial charge in [0.25, 0.3) is 0 Å². The van der Waals surface area contributed by atoms with Crippen molar-refractivity contribution in [2.45, 2.75) is 34.1 Å². The molecule has 24 heavy (non-hydrogen) atoms. The van der Waals surface area contributed by atoms with Gasteiger partial charge in [0.1, 0.15) is 5.75 Å². The summed E-state index contributed by atoms with van der Waals surface area (Å²) >= 11 is 0. The largest absolute Gasteiger partial charge is 0.465 e. The third kappa shape index (κ3) is 5.23. The number of aryl methyl sites for hydroxylation is 1. The molecule has 1 rings (SSSR count). The Balaban J connectivity index is 3.40. The van der Waals surface area contributed by atoms with Crippen molar-refractivity contribution >= 4 is 12.2 Å². The fraction of sp³-hybridized carbons (Fsp3) is 0.300. The molecule has 0 atom stereocenters. The van der Waals surface area contributed by atoms with E-state index < -0.39 is 5.97 Å². The molecule has 1 aromatic carbocycles. The van der Waals surface area contributed by atoms with Crippen LogP contribution in [0.5, 0.6) is 5.75 Å². The summed E-state index contributed by atoms with van der Waals surface area (Å²) in [6.07, 6.45) is 6.24. The minimum atomic E-state index is -0.395. The van der Waals surface area contributed by atoms with Crippen LogP contribution < -0.4 is 4.74 Å². The summed E-state index contributed by atoms with van der Waals surface area (Å²) in [5.74, 6) is 0.582. The summed E-state index contributed by atoms with van der Waals surface area (Å²) in [5, 5.41) is 0. The van der Waals surface area contributed by atoms with Crippen LogP contribution in [0.3, 0.4) is 0 Å². The number of allylic oxidation sites excluding steroid dienone is 4. The summed E-state index contributed by atoms with van der Waals surface area (Å²) in [6.45, 7) is 11.6. The maximum atomic E-state index is 11.8. The lowest BCUT2D eigenvalue weighted by Crippen LogP contribution is -2.04. The van der Waals surface area contributed by atoms with E-state index in [9.17, 15) is 4.79 Å². The van der Waals surface area contributed by atoms with Crippen molar-refractivity contribution in [1.82, 2.24) is 0 Å². The molecule has 0 N–H and O–H groups in total. The van der Waals surface area contributed by atoms with Crippen LogP contribution in [0.2, 0.25) is 0 Å². The Morgan fingerprint density at radius 3 is 2.50 bits per heavy atom. The fourth-order valence-electron chi connectivity index (χ4n) is 2.10. The van der Waals surface area contributed by atoms with Crippen molar-refractivity contribution in [2.75, 3.05) is 7.11 Å². The van der Waals surface area contributed by atoms with Gasteiger partial charge in [0.2, 0.25) is 5.88 Å². The highest BCUT2D eigenvalue weighted by molar-refractivity contribution is 5.90. The number of ether oxygens (including phenoxy) is 2. The van der Waals surface area contributed by atoms with E-state index in [1.165, 1.54) is 7.11 Å². The highest BCUT2D eigenvalue weighted by Gasteiger charge is 2.12. The Morgan fingerprint density at radius 2 is 2.00 bits per heavy atom. The van der Waals surface area contributed by atoms with Gasteiger partial charge >= 0.3 is 5.97 Å². The third-order valence-corrected chi connectivity index (χ3v) is 3.28. The number of rotatable bonds is 7. The quantitative estimate of drug-likeness (QED) is 0.311. The molecule has 0 unspecified atom stereocenters. The second-order valence-corrected chi connectivity index (χ2v) is 5.20. The second kappa shape index (κ2) is 9.50. The molecule has 1 aromatic rings. The summed E-state index contributed by atoms with van der Waals surface area (Å²) < 4.78 is 10.8. The number of nitrogens with zero attached hydrogens (tertiary/aromatic N) is 1. The van der Waals surface area contributed by atoms with Gasteiger partial charge in [-0.05, 0) is 56.5 Å². The van der Waals surface area contributed by atoms with Gasteiger partial charge in [-0.25, -0.2) is 9.79 Å². The molecular weight excluding hydrogens is 302 g/mol. The number of carbonyl (C=O) groups excluding carboxylic acids is 1. The highest BCUT2D eigenvalue weighted by Crippen LogP contribution is 2.24. The number of esters is 1. The minimum absolute atomic E-state index is 0.395. The van der Waals surface area contributed by atoms with Crippen LogP contribution >= 0.6 is 0 Å². The zero-order chi connectivity index (χ0) is 18.1. The van der Waals surface area contributed by atoms with Crippen LogP contribution in [0.25, 0.3) is 0 Å². The molecule has 0 fully saturated rings. The van der Waals surface area contributed by atoms with Gasteiger partial charge in [-0.1, -0.05) is 25.7 Å². The first-order valence-corrected chi connectivity index (χ1v) is 7.88. The van der Waals surface area contributed by atoms with E-state index in [2.05, 4.69) is 11.6 Å². The average molecular weight is 327 g/mol. The average Bonchev–Trinajstić information content (AvgIpc) is 2.57. The number of hydrogen-bond donors (Lipinski definition) is 0. The van der Waals surface area contributed by atoms with Crippen LogP contribution in [0, 0.1) is 0 Å². The van der Waals surface area contributed by atoms with Crippen molar-refractivity contribution < 1.29 is 14.3 Å². The first-order chi connectivity index (χ1) is 11.5. The molecule has 0 aromatic heterocycles. The van der Waals surface area contributed by atoms with E-state index in [4.69, 9.17) is 9.47 Å². The predicted molar refractivity (Wildman–Crippen MR) is 98.6 cm³/mol. The lowest BCUT2D eigenvalue weighted by Gasteiger charge is -2.12. The van der Waals surface area contributed by atoms with E-state index in [0.29, 0.717) is 17.2 Å². The van der Waals surface area contributed by atoms with E-state index in [1.54, 1.807) is 18.3 Å². The highest BCUT2D eigenvalue weighted by atomic mass is 16.5. The number of methoxy groups -OCH3 is 1. The molecule has 0 amide bonds. The summed E-state index contributed by atoms with van der Waals surface area (Å²) in [7, 11) is 1.36. The Morgan fingerprint density at radius 1 is 1.29 bits per heavy atom. The number of benzene rings is 1. The van der Waals surface area contributed by atoms with E-state index in [1.807, 2.05) is 45.9 Å². The van der Waals surface area contributed by atoms with Crippen LogP contribution in [0.1, 0.15) is 43.6 Å². The van der Waals surface area contributed by atoms with Gasteiger partial charge in [-0.2, -0.15) is 0 Å². The first-order valence-electron chi connectivity index (χ1n) is 7.88. The zero-order valence-corrected chi connectivity index (χ0v) is 15.1. The lowest BCUT2D eigenvalue weighted by atomic mass is 10.1. The Labute approximate surface area is 144 Å². The SMILES string of the molecule is C=C(C)C(/C=C\C)=C(\N=C/C)Oc1cc(CC)cc(C(=O)OC)c1. The summed E-state index contributed by atoms with van der Waals surface area (Å²) in [6, 6.07) is 5.35. The van der Waals surface area contributed by atoms with Crippen molar-refractivity contribution in [3.63, 3.8) is 0 Å². The van der Waals surface area contributed by atoms with Crippen LogP contribution in [0.4, 0.5) is 0 Å². The van der Waals surface area contributed by atoms with E-state index >= 15 is 0 Å². The van der Waals surface area contributed by atoms with Crippen molar-refractivity contribution in [3.05, 3.63) is 65.1 Å². The van der Waals surface area contributed by atoms with Gasteiger partial charge in [-0.15, -0.1) is 0 Å². The van der Waals surface area contributed by atoms with E-state index in [0.717, 1.165) is 23.1 Å². The molecule has 128 valence electrons. The standard InChI is InChI=1S/C20H25NO3/c1-7-10-18(14(4)5)19(21-9-3)24-17-12-15(8-2)11-16(13-17)20(22)23-6/h7,9-13H,4,8H2,1-3,5-6H3/b10-7-,19-18+,21-9-. The molecule has 0 bridgehead atoms. The van der Waals surface area contributed by atoms with Gasteiger partial charge in [0, 0.05) is 11.8 Å². The van der Waals surface area contributed by atoms with Crippen LogP contribution in [-0.4, -0.2) is 19.3 Å². The third-order valence-electron chi connectivity index (χ3n) is 3.28. The first kappa shape index (κ1) is 19.4. The molecule has 0 aliphatic heterocycles. The number of aliphatic imine (C=N–C) groups is 1. The zero-order valence-electron chi connectivity index (χ0n) is 15.1. The minimum Gasteiger partial charge on any atom is -0.465 e. The maximum absolute atomic E-state index is 11.8. The molecule has 0 aliphatic carbocycles. The molecule has 4 nitrogen and oxygen atoms in total. The number of carbonyl (C=O) groups is 1. The van der Waals surface area contributed by atoms with Crippen LogP contribution in [-0.2, 0) is 11.2 Å². The fourth-order valence-corrected chi connectivity index (χ4v) is 2.10. The molecule has 0 spiro atoms. The Hall–Kier alpha value is -2.62.